The minimum Gasteiger partial charge on any atom is -0.756 e. The smallest absolute Gasteiger partial charge is 0.306 e. The van der Waals surface area contributed by atoms with Gasteiger partial charge in [0.1, 0.15) is 19.3 Å². The van der Waals surface area contributed by atoms with Crippen LogP contribution in [0.1, 0.15) is 174 Å². The fraction of sp³-hybridized carbons (Fsp3) is 0.800. The number of esters is 1. The van der Waals surface area contributed by atoms with E-state index < -0.39 is 13.9 Å². The number of rotatable bonds is 40. The lowest BCUT2D eigenvalue weighted by Gasteiger charge is -2.28. The molecule has 0 aromatic rings. The van der Waals surface area contributed by atoms with Gasteiger partial charge in [-0.3, -0.25) is 9.36 Å². The molecule has 316 valence electrons. The summed E-state index contributed by atoms with van der Waals surface area (Å²) in [6, 6.07) is 0. The molecule has 0 fully saturated rings. The molecule has 0 N–H and O–H groups in total. The van der Waals surface area contributed by atoms with E-state index in [2.05, 4.69) is 62.5 Å². The largest absolute Gasteiger partial charge is 0.756 e. The zero-order chi connectivity index (χ0) is 39.9. The molecule has 0 aliphatic carbocycles. The Morgan fingerprint density at radius 1 is 0.593 bits per heavy atom. The third kappa shape index (κ3) is 41.6. The minimum atomic E-state index is -4.53. The number of ether oxygens (including phenoxy) is 2. The van der Waals surface area contributed by atoms with Gasteiger partial charge in [0.2, 0.25) is 0 Å². The van der Waals surface area contributed by atoms with Gasteiger partial charge in [-0.2, -0.15) is 0 Å². The van der Waals surface area contributed by atoms with E-state index in [0.29, 0.717) is 24.1 Å². The van der Waals surface area contributed by atoms with E-state index in [1.807, 2.05) is 21.1 Å². The zero-order valence-electron chi connectivity index (χ0n) is 35.7. The van der Waals surface area contributed by atoms with Gasteiger partial charge in [-0.15, -0.1) is 0 Å². The van der Waals surface area contributed by atoms with Gasteiger partial charge in [-0.1, -0.05) is 165 Å². The number of hydrogen-bond acceptors (Lipinski definition) is 7. The van der Waals surface area contributed by atoms with Gasteiger partial charge < -0.3 is 27.9 Å². The molecule has 0 aliphatic rings. The molecule has 0 aromatic carbocycles. The zero-order valence-corrected chi connectivity index (χ0v) is 36.6. The van der Waals surface area contributed by atoms with Crippen LogP contribution in [0.25, 0.3) is 0 Å². The summed E-state index contributed by atoms with van der Waals surface area (Å²) in [7, 11) is 1.33. The number of hydrogen-bond donors (Lipinski definition) is 0. The Hall–Kier alpha value is -1.54. The summed E-state index contributed by atoms with van der Waals surface area (Å²) in [6.45, 7) is 5.25. The third-order valence-electron chi connectivity index (χ3n) is 9.14. The molecule has 9 heteroatoms. The summed E-state index contributed by atoms with van der Waals surface area (Å²) in [5.41, 5.74) is 0. The average Bonchev–Trinajstić information content (AvgIpc) is 3.12. The molecule has 0 saturated heterocycles. The van der Waals surface area contributed by atoms with Crippen molar-refractivity contribution >= 4 is 13.8 Å². The number of phosphoric acid groups is 1. The van der Waals surface area contributed by atoms with Crippen molar-refractivity contribution < 1.29 is 37.3 Å². The highest BCUT2D eigenvalue weighted by Crippen LogP contribution is 2.38. The number of unbranched alkanes of at least 4 members (excludes halogenated alkanes) is 18. The first kappa shape index (κ1) is 52.5. The summed E-state index contributed by atoms with van der Waals surface area (Å²) in [4.78, 5) is 25.0. The molecule has 0 aromatic heterocycles. The molecule has 2 unspecified atom stereocenters. The summed E-state index contributed by atoms with van der Waals surface area (Å²) in [5, 5.41) is 0. The second-order valence-corrected chi connectivity index (χ2v) is 17.1. The molecule has 0 saturated carbocycles. The highest BCUT2D eigenvalue weighted by Gasteiger charge is 2.20. The highest BCUT2D eigenvalue weighted by molar-refractivity contribution is 7.45. The number of allylic oxidation sites excluding steroid dienone is 8. The fourth-order valence-corrected chi connectivity index (χ4v) is 6.50. The van der Waals surface area contributed by atoms with Crippen molar-refractivity contribution in [3.05, 3.63) is 48.6 Å². The molecule has 0 heterocycles. The van der Waals surface area contributed by atoms with Crippen LogP contribution in [-0.4, -0.2) is 70.7 Å². The van der Waals surface area contributed by atoms with E-state index in [4.69, 9.17) is 18.5 Å². The summed E-state index contributed by atoms with van der Waals surface area (Å²) in [6.07, 6.45) is 45.6. The molecule has 0 bridgehead atoms. The van der Waals surface area contributed by atoms with Crippen LogP contribution in [0.5, 0.6) is 0 Å². The Morgan fingerprint density at radius 3 is 1.57 bits per heavy atom. The Balaban J connectivity index is 4.28. The molecule has 2 atom stereocenters. The van der Waals surface area contributed by atoms with Crippen LogP contribution in [0.3, 0.4) is 0 Å². The van der Waals surface area contributed by atoms with Crippen LogP contribution in [0, 0.1) is 0 Å². The lowest BCUT2D eigenvalue weighted by atomic mass is 10.0. The predicted molar refractivity (Wildman–Crippen MR) is 226 cm³/mol. The topological polar surface area (TPSA) is 94.1 Å². The average molecular weight is 782 g/mol. The lowest BCUT2D eigenvalue weighted by Crippen LogP contribution is -2.37. The number of quaternary nitrogens is 1. The Kier molecular flexibility index (Phi) is 37.2. The Labute approximate surface area is 333 Å². The van der Waals surface area contributed by atoms with Crippen LogP contribution in [0.4, 0.5) is 0 Å². The maximum Gasteiger partial charge on any atom is 0.306 e. The summed E-state index contributed by atoms with van der Waals surface area (Å²) < 4.78 is 34.5. The van der Waals surface area contributed by atoms with Crippen molar-refractivity contribution in [3.8, 4) is 0 Å². The van der Waals surface area contributed by atoms with Crippen molar-refractivity contribution in [3.63, 3.8) is 0 Å². The van der Waals surface area contributed by atoms with E-state index in [-0.39, 0.29) is 32.2 Å². The number of phosphoric ester groups is 1. The second-order valence-electron chi connectivity index (χ2n) is 15.7. The second kappa shape index (κ2) is 38.3. The van der Waals surface area contributed by atoms with Gasteiger partial charge in [0.25, 0.3) is 7.82 Å². The van der Waals surface area contributed by atoms with E-state index in [1.165, 1.54) is 96.3 Å². The first-order chi connectivity index (χ1) is 26.1. The molecule has 0 rings (SSSR count). The van der Waals surface area contributed by atoms with E-state index in [0.717, 1.165) is 51.4 Å². The van der Waals surface area contributed by atoms with Crippen molar-refractivity contribution in [1.82, 2.24) is 0 Å². The first-order valence-electron chi connectivity index (χ1n) is 21.9. The molecule has 0 amide bonds. The SMILES string of the molecule is CC/C=C\C/C=C\C/C=C\C/C=C\CCCCC(=O)OC(COCCCCCCCCCCCCCCCCCCC)COP(=O)([O-])OCC[N+](C)(C)C. The molecule has 8 nitrogen and oxygen atoms in total. The van der Waals surface area contributed by atoms with Gasteiger partial charge in [-0.25, -0.2) is 0 Å². The summed E-state index contributed by atoms with van der Waals surface area (Å²) >= 11 is 0. The van der Waals surface area contributed by atoms with E-state index in [1.54, 1.807) is 0 Å². The quantitative estimate of drug-likeness (QED) is 0.0201. The normalized spacial score (nSPS) is 14.3. The van der Waals surface area contributed by atoms with Gasteiger partial charge in [0.15, 0.2) is 0 Å². The van der Waals surface area contributed by atoms with Crippen molar-refractivity contribution in [2.75, 3.05) is 54.1 Å². The number of carbonyl (C=O) groups is 1. The van der Waals surface area contributed by atoms with Crippen LogP contribution >= 0.6 is 7.82 Å². The van der Waals surface area contributed by atoms with Crippen LogP contribution < -0.4 is 4.89 Å². The molecule has 0 spiro atoms. The molecule has 54 heavy (non-hydrogen) atoms. The molecule has 0 aliphatic heterocycles. The maximum absolute atomic E-state index is 12.6. The number of carbonyl (C=O) groups excluding carboxylic acids is 1. The Morgan fingerprint density at radius 2 is 1.07 bits per heavy atom. The number of nitrogens with zero attached hydrogens (tertiary/aromatic N) is 1. The van der Waals surface area contributed by atoms with Gasteiger partial charge in [-0.05, 0) is 51.4 Å². The summed E-state index contributed by atoms with van der Waals surface area (Å²) in [5.74, 6) is -0.373. The van der Waals surface area contributed by atoms with Gasteiger partial charge in [0.05, 0.1) is 34.4 Å². The van der Waals surface area contributed by atoms with Gasteiger partial charge in [0, 0.05) is 13.0 Å². The van der Waals surface area contributed by atoms with Crippen LogP contribution in [0.2, 0.25) is 0 Å². The fourth-order valence-electron chi connectivity index (χ4n) is 5.77. The van der Waals surface area contributed by atoms with Crippen LogP contribution in [-0.2, 0) is 27.9 Å². The maximum atomic E-state index is 12.6. The monoisotopic (exact) mass is 782 g/mol. The van der Waals surface area contributed by atoms with Crippen LogP contribution in [0.15, 0.2) is 48.6 Å². The first-order valence-corrected chi connectivity index (χ1v) is 23.3. The third-order valence-corrected chi connectivity index (χ3v) is 10.1. The van der Waals surface area contributed by atoms with Crippen molar-refractivity contribution in [2.45, 2.75) is 180 Å². The molecular formula is C45H84NO7P. The van der Waals surface area contributed by atoms with E-state index >= 15 is 0 Å². The standard InChI is InChI=1S/C45H84NO7P/c1-6-8-10-12-14-16-18-20-22-23-25-27-29-31-33-35-37-40-50-42-44(43-52-54(48,49)51-41-39-46(3,4)5)53-45(47)38-36-34-32-30-28-26-24-21-19-17-15-13-11-9-7-2/h9,11,15,17,21,24,28,30,44H,6-8,10,12-14,16,18-20,22-23,25-27,29,31-43H2,1-5H3/b11-9-,17-15-,24-21-,30-28-. The Bertz CT molecular complexity index is 1000. The molecule has 0 radical (unpaired) electrons. The highest BCUT2D eigenvalue weighted by atomic mass is 31.2. The molecular weight excluding hydrogens is 697 g/mol. The number of likely N-dealkylation sites (N-methyl/N-ethyl adjacent to an activating group) is 1. The minimum absolute atomic E-state index is 0.0177. The lowest BCUT2D eigenvalue weighted by molar-refractivity contribution is -0.870. The van der Waals surface area contributed by atoms with Gasteiger partial charge >= 0.3 is 5.97 Å². The van der Waals surface area contributed by atoms with Crippen molar-refractivity contribution in [1.29, 1.82) is 0 Å². The van der Waals surface area contributed by atoms with Crippen molar-refractivity contribution in [2.24, 2.45) is 0 Å². The predicted octanol–water partition coefficient (Wildman–Crippen LogP) is 12.1. The van der Waals surface area contributed by atoms with E-state index in [9.17, 15) is 14.3 Å².